The summed E-state index contributed by atoms with van der Waals surface area (Å²) in [5.74, 6) is 1.07. The van der Waals surface area contributed by atoms with E-state index in [1.54, 1.807) is 6.92 Å². The summed E-state index contributed by atoms with van der Waals surface area (Å²) in [6, 6.07) is 14.8. The smallest absolute Gasteiger partial charge is 0.248 e. The second kappa shape index (κ2) is 8.24. The molecule has 30 heavy (non-hydrogen) atoms. The van der Waals surface area contributed by atoms with E-state index < -0.39 is 11.9 Å². The summed E-state index contributed by atoms with van der Waals surface area (Å²) in [5, 5.41) is 14.7. The number of aromatic nitrogens is 4. The van der Waals surface area contributed by atoms with Crippen LogP contribution in [-0.4, -0.2) is 32.7 Å². The number of nitrogens with one attached hydrogen (secondary N) is 1. The highest BCUT2D eigenvalue weighted by atomic mass is 16.5. The summed E-state index contributed by atoms with van der Waals surface area (Å²) in [7, 11) is 0. The van der Waals surface area contributed by atoms with Crippen molar-refractivity contribution < 1.29 is 14.3 Å². The van der Waals surface area contributed by atoms with Gasteiger partial charge in [-0.3, -0.25) is 4.79 Å². The molecular formula is C21H22N6O3. The number of rotatable bonds is 7. The van der Waals surface area contributed by atoms with Crippen molar-refractivity contribution in [2.75, 3.05) is 11.9 Å². The van der Waals surface area contributed by atoms with E-state index in [0.29, 0.717) is 41.9 Å². The molecule has 2 heterocycles. The van der Waals surface area contributed by atoms with Gasteiger partial charge in [0.25, 0.3) is 0 Å². The molecule has 0 saturated carbocycles. The minimum atomic E-state index is -0.573. The normalized spacial score (nSPS) is 15.3. The number of primary amides is 1. The molecule has 0 radical (unpaired) electrons. The van der Waals surface area contributed by atoms with Gasteiger partial charge in [-0.2, -0.15) is 4.68 Å². The van der Waals surface area contributed by atoms with Crippen molar-refractivity contribution >= 4 is 11.9 Å². The van der Waals surface area contributed by atoms with Crippen LogP contribution in [0.25, 0.3) is 0 Å². The van der Waals surface area contributed by atoms with E-state index >= 15 is 0 Å². The van der Waals surface area contributed by atoms with Crippen LogP contribution in [0.5, 0.6) is 11.5 Å². The molecule has 0 saturated heterocycles. The molecule has 4 rings (SSSR count). The number of allylic oxidation sites excluding steroid dienone is 1. The van der Waals surface area contributed by atoms with E-state index in [2.05, 4.69) is 20.8 Å². The van der Waals surface area contributed by atoms with E-state index in [1.807, 2.05) is 55.5 Å². The Kier molecular flexibility index (Phi) is 5.34. The van der Waals surface area contributed by atoms with Crippen LogP contribution < -0.4 is 20.5 Å². The van der Waals surface area contributed by atoms with E-state index in [0.717, 1.165) is 11.1 Å². The molecule has 0 aliphatic carbocycles. The molecule has 154 valence electrons. The van der Waals surface area contributed by atoms with Crippen molar-refractivity contribution in [3.8, 4) is 11.5 Å². The van der Waals surface area contributed by atoms with Gasteiger partial charge in [0.05, 0.1) is 12.2 Å². The van der Waals surface area contributed by atoms with Gasteiger partial charge in [0.15, 0.2) is 11.5 Å². The number of nitrogens with two attached hydrogens (primary N) is 1. The number of hydrogen-bond donors (Lipinski definition) is 2. The van der Waals surface area contributed by atoms with Gasteiger partial charge >= 0.3 is 0 Å². The maximum Gasteiger partial charge on any atom is 0.248 e. The molecule has 1 aliphatic rings. The first kappa shape index (κ1) is 19.4. The average molecular weight is 406 g/mol. The van der Waals surface area contributed by atoms with Crippen molar-refractivity contribution in [3.05, 3.63) is 70.9 Å². The number of carbonyl (C=O) groups is 1. The number of benzene rings is 2. The predicted octanol–water partition coefficient (Wildman–Crippen LogP) is 2.42. The van der Waals surface area contributed by atoms with Crippen LogP contribution in [0.1, 0.15) is 31.0 Å². The fourth-order valence-corrected chi connectivity index (χ4v) is 3.46. The summed E-state index contributed by atoms with van der Waals surface area (Å²) in [6.45, 7) is 4.55. The Balaban J connectivity index is 1.70. The van der Waals surface area contributed by atoms with Crippen molar-refractivity contribution in [2.24, 2.45) is 5.73 Å². The summed E-state index contributed by atoms with van der Waals surface area (Å²) < 4.78 is 13.3. The van der Waals surface area contributed by atoms with Gasteiger partial charge < -0.3 is 20.5 Å². The zero-order valence-corrected chi connectivity index (χ0v) is 16.7. The molecule has 1 aliphatic heterocycles. The highest BCUT2D eigenvalue weighted by Crippen LogP contribution is 2.38. The number of carbonyl (C=O) groups excluding carboxylic acids is 1. The molecule has 3 N–H and O–H groups in total. The van der Waals surface area contributed by atoms with E-state index in [9.17, 15) is 4.79 Å². The van der Waals surface area contributed by atoms with Gasteiger partial charge in [0.1, 0.15) is 12.6 Å². The number of nitrogens with zero attached hydrogens (tertiary/aromatic N) is 4. The van der Waals surface area contributed by atoms with Gasteiger partial charge in [-0.1, -0.05) is 41.5 Å². The van der Waals surface area contributed by atoms with Crippen LogP contribution in [0.2, 0.25) is 0 Å². The van der Waals surface area contributed by atoms with E-state index in [4.69, 9.17) is 15.2 Å². The Morgan fingerprint density at radius 1 is 1.17 bits per heavy atom. The monoisotopic (exact) mass is 406 g/mol. The Morgan fingerprint density at radius 3 is 2.70 bits per heavy atom. The van der Waals surface area contributed by atoms with E-state index in [1.165, 1.54) is 4.68 Å². The minimum Gasteiger partial charge on any atom is -0.490 e. The Bertz CT molecular complexity index is 1090. The lowest BCUT2D eigenvalue weighted by molar-refractivity contribution is -0.115. The molecule has 1 unspecified atom stereocenters. The van der Waals surface area contributed by atoms with Crippen LogP contribution >= 0.6 is 0 Å². The highest BCUT2D eigenvalue weighted by Gasteiger charge is 2.33. The van der Waals surface area contributed by atoms with Gasteiger partial charge in [-0.25, -0.2) is 0 Å². The summed E-state index contributed by atoms with van der Waals surface area (Å²) in [5.41, 5.74) is 8.48. The Hall–Kier alpha value is -3.88. The molecule has 3 aromatic rings. The second-order valence-corrected chi connectivity index (χ2v) is 6.79. The van der Waals surface area contributed by atoms with Gasteiger partial charge in [0.2, 0.25) is 11.9 Å². The van der Waals surface area contributed by atoms with Gasteiger partial charge in [-0.05, 0) is 47.5 Å². The molecule has 1 amide bonds. The first-order valence-electron chi connectivity index (χ1n) is 9.57. The number of anilines is 1. The quantitative estimate of drug-likeness (QED) is 0.619. The predicted molar refractivity (Wildman–Crippen MR) is 110 cm³/mol. The van der Waals surface area contributed by atoms with Crippen LogP contribution in [-0.2, 0) is 11.4 Å². The average Bonchev–Trinajstić information content (AvgIpc) is 3.20. The van der Waals surface area contributed by atoms with Crippen LogP contribution in [0.4, 0.5) is 5.95 Å². The molecule has 0 bridgehead atoms. The van der Waals surface area contributed by atoms with Gasteiger partial charge in [-0.15, -0.1) is 0 Å². The molecule has 9 heteroatoms. The molecule has 0 fully saturated rings. The number of fused-ring (bicyclic) bond motifs is 1. The van der Waals surface area contributed by atoms with Gasteiger partial charge in [0, 0.05) is 5.70 Å². The molecule has 9 nitrogen and oxygen atoms in total. The summed E-state index contributed by atoms with van der Waals surface area (Å²) in [4.78, 5) is 12.2. The molecule has 0 spiro atoms. The van der Waals surface area contributed by atoms with Crippen LogP contribution in [0, 0.1) is 0 Å². The number of ether oxygens (including phenoxy) is 2. The van der Waals surface area contributed by atoms with Crippen molar-refractivity contribution in [1.82, 2.24) is 20.2 Å². The standard InChI is InChI=1S/C21H22N6O3/c1-3-29-17-11-15(9-10-16(17)30-12-14-7-5-4-6-8-14)19-18(20(22)28)13(2)23-21-24-25-26-27(19)21/h4-11,19H,3,12H2,1-2H3,(H2,22,28)(H,23,24,26). The lowest BCUT2D eigenvalue weighted by atomic mass is 9.95. The third-order valence-electron chi connectivity index (χ3n) is 4.80. The summed E-state index contributed by atoms with van der Waals surface area (Å²) in [6.07, 6.45) is 0. The third kappa shape index (κ3) is 3.69. The SMILES string of the molecule is CCOc1cc(C2C(C(N)=O)=C(C)Nc3nnnn32)ccc1OCc1ccccc1. The molecule has 1 aromatic heterocycles. The van der Waals surface area contributed by atoms with Crippen molar-refractivity contribution in [3.63, 3.8) is 0 Å². The fraction of sp³-hybridized carbons (Fsp3) is 0.238. The molecular weight excluding hydrogens is 384 g/mol. The first-order chi connectivity index (χ1) is 14.6. The maximum absolute atomic E-state index is 12.2. The topological polar surface area (TPSA) is 117 Å². The zero-order valence-electron chi connectivity index (χ0n) is 16.7. The molecule has 1 atom stereocenters. The zero-order chi connectivity index (χ0) is 21.1. The lowest BCUT2D eigenvalue weighted by Gasteiger charge is -2.27. The number of tetrazole rings is 1. The maximum atomic E-state index is 12.2. The minimum absolute atomic E-state index is 0.384. The van der Waals surface area contributed by atoms with Crippen molar-refractivity contribution in [2.45, 2.75) is 26.5 Å². The van der Waals surface area contributed by atoms with E-state index in [-0.39, 0.29) is 0 Å². The van der Waals surface area contributed by atoms with Crippen LogP contribution in [0.3, 0.4) is 0 Å². The highest BCUT2D eigenvalue weighted by molar-refractivity contribution is 5.95. The number of hydrogen-bond acceptors (Lipinski definition) is 7. The first-order valence-corrected chi connectivity index (χ1v) is 9.57. The van der Waals surface area contributed by atoms with Crippen LogP contribution in [0.15, 0.2) is 59.8 Å². The molecule has 2 aromatic carbocycles. The third-order valence-corrected chi connectivity index (χ3v) is 4.80. The van der Waals surface area contributed by atoms with Crippen molar-refractivity contribution in [1.29, 1.82) is 0 Å². The summed E-state index contributed by atoms with van der Waals surface area (Å²) >= 11 is 0. The Labute approximate surface area is 173 Å². The lowest BCUT2D eigenvalue weighted by Crippen LogP contribution is -2.31. The number of amides is 1. The Morgan fingerprint density at radius 2 is 1.97 bits per heavy atom. The largest absolute Gasteiger partial charge is 0.490 e. The second-order valence-electron chi connectivity index (χ2n) is 6.79. The fourth-order valence-electron chi connectivity index (χ4n) is 3.46.